The normalized spacial score (nSPS) is 17.6. The predicted molar refractivity (Wildman–Crippen MR) is 114 cm³/mol. The molecule has 3 rings (SSSR count). The van der Waals surface area contributed by atoms with E-state index < -0.39 is 0 Å². The summed E-state index contributed by atoms with van der Waals surface area (Å²) in [4.78, 5) is 17.1. The van der Waals surface area contributed by atoms with Gasteiger partial charge in [-0.05, 0) is 51.2 Å². The minimum absolute atomic E-state index is 0.00545. The van der Waals surface area contributed by atoms with Gasteiger partial charge in [-0.1, -0.05) is 43.0 Å². The van der Waals surface area contributed by atoms with E-state index in [9.17, 15) is 4.79 Å². The minimum atomic E-state index is -0.00545. The summed E-state index contributed by atoms with van der Waals surface area (Å²) in [6.45, 7) is 9.94. The van der Waals surface area contributed by atoms with Crippen LogP contribution in [0.25, 0.3) is 0 Å². The quantitative estimate of drug-likeness (QED) is 0.673. The number of amides is 1. The first-order chi connectivity index (χ1) is 13.5. The predicted octanol–water partition coefficient (Wildman–Crippen LogP) is 4.21. The first kappa shape index (κ1) is 20.9. The summed E-state index contributed by atoms with van der Waals surface area (Å²) in [6, 6.07) is 8.44. The van der Waals surface area contributed by atoms with E-state index in [-0.39, 0.29) is 18.1 Å². The van der Waals surface area contributed by atoms with Gasteiger partial charge in [-0.2, -0.15) is 0 Å². The lowest BCUT2D eigenvalue weighted by Crippen LogP contribution is -2.28. The number of carbonyl (C=O) groups is 1. The van der Waals surface area contributed by atoms with E-state index >= 15 is 0 Å². The second-order valence-corrected chi connectivity index (χ2v) is 8.43. The van der Waals surface area contributed by atoms with E-state index in [0.717, 1.165) is 54.5 Å². The van der Waals surface area contributed by atoms with Crippen LogP contribution in [0.3, 0.4) is 0 Å². The van der Waals surface area contributed by atoms with Crippen molar-refractivity contribution in [3.63, 3.8) is 0 Å². The number of ether oxygens (including phenoxy) is 1. The monoisotopic (exact) mass is 401 g/mol. The van der Waals surface area contributed by atoms with E-state index in [4.69, 9.17) is 4.74 Å². The Hall–Kier alpha value is -1.79. The van der Waals surface area contributed by atoms with E-state index in [2.05, 4.69) is 53.0 Å². The van der Waals surface area contributed by atoms with Crippen molar-refractivity contribution in [1.29, 1.82) is 0 Å². The number of rotatable bonds is 8. The summed E-state index contributed by atoms with van der Waals surface area (Å²) >= 11 is 1.50. The lowest BCUT2D eigenvalue weighted by Gasteiger charge is -2.16. The topological polar surface area (TPSA) is 56.2 Å². The van der Waals surface area contributed by atoms with Gasteiger partial charge in [-0.15, -0.1) is 0 Å². The van der Waals surface area contributed by atoms with Crippen molar-refractivity contribution in [1.82, 2.24) is 14.9 Å². The number of imidazole rings is 1. The van der Waals surface area contributed by atoms with E-state index in [1.807, 2.05) is 13.8 Å². The Bertz CT molecular complexity index is 795. The van der Waals surface area contributed by atoms with Crippen molar-refractivity contribution in [2.45, 2.75) is 70.8 Å². The zero-order valence-corrected chi connectivity index (χ0v) is 18.1. The number of hydrogen-bond donors (Lipinski definition) is 1. The molecule has 0 aliphatic carbocycles. The van der Waals surface area contributed by atoms with Crippen molar-refractivity contribution in [3.05, 3.63) is 46.8 Å². The molecule has 1 aliphatic heterocycles. The third-order valence-corrected chi connectivity index (χ3v) is 6.41. The van der Waals surface area contributed by atoms with Crippen molar-refractivity contribution in [2.24, 2.45) is 0 Å². The van der Waals surface area contributed by atoms with Crippen LogP contribution in [0.15, 0.2) is 29.4 Å². The Morgan fingerprint density at radius 3 is 2.75 bits per heavy atom. The first-order valence-corrected chi connectivity index (χ1v) is 11.1. The molecule has 1 aliphatic rings. The number of nitrogens with zero attached hydrogens (tertiary/aromatic N) is 2. The average Bonchev–Trinajstić information content (AvgIpc) is 3.30. The van der Waals surface area contributed by atoms with Gasteiger partial charge in [0.2, 0.25) is 5.91 Å². The number of carbonyl (C=O) groups excluding carboxylic acids is 1. The van der Waals surface area contributed by atoms with Crippen molar-refractivity contribution < 1.29 is 9.53 Å². The molecule has 2 atom stereocenters. The van der Waals surface area contributed by atoms with Gasteiger partial charge >= 0.3 is 0 Å². The Morgan fingerprint density at radius 1 is 1.36 bits per heavy atom. The molecule has 1 saturated heterocycles. The molecule has 2 heterocycles. The summed E-state index contributed by atoms with van der Waals surface area (Å²) in [5.41, 5.74) is 4.61. The van der Waals surface area contributed by atoms with Gasteiger partial charge in [0.1, 0.15) is 0 Å². The molecule has 1 amide bonds. The molecule has 1 N–H and O–H groups in total. The maximum Gasteiger partial charge on any atom is 0.230 e. The van der Waals surface area contributed by atoms with Gasteiger partial charge in [-0.25, -0.2) is 4.98 Å². The lowest BCUT2D eigenvalue weighted by molar-refractivity contribution is -0.119. The van der Waals surface area contributed by atoms with Gasteiger partial charge in [0.25, 0.3) is 0 Å². The second kappa shape index (κ2) is 9.61. The summed E-state index contributed by atoms with van der Waals surface area (Å²) in [5, 5.41) is 4.00. The van der Waals surface area contributed by atoms with Crippen LogP contribution < -0.4 is 5.32 Å². The first-order valence-electron chi connectivity index (χ1n) is 10.1. The number of nitrogens with one attached hydrogen (secondary N) is 1. The van der Waals surface area contributed by atoms with Crippen LogP contribution in [0.5, 0.6) is 0 Å². The zero-order valence-electron chi connectivity index (χ0n) is 17.3. The summed E-state index contributed by atoms with van der Waals surface area (Å²) in [5.74, 6) is 0.387. The number of aryl methyl sites for hydroxylation is 2. The van der Waals surface area contributed by atoms with Gasteiger partial charge in [0.05, 0.1) is 30.1 Å². The molecule has 0 bridgehead atoms. The largest absolute Gasteiger partial charge is 0.376 e. The molecular formula is C22H31N3O2S. The van der Waals surface area contributed by atoms with Crippen LogP contribution in [0, 0.1) is 13.8 Å². The highest BCUT2D eigenvalue weighted by Crippen LogP contribution is 2.24. The van der Waals surface area contributed by atoms with Gasteiger partial charge in [0, 0.05) is 12.3 Å². The zero-order chi connectivity index (χ0) is 20.1. The number of benzene rings is 1. The lowest BCUT2D eigenvalue weighted by atomic mass is 10.1. The highest BCUT2D eigenvalue weighted by molar-refractivity contribution is 7.99. The standard InChI is InChI=1S/C22H31N3O2S/c1-5-18-8-10-19(11-9-18)16(3)23-21(26)14-28-22-24-15(2)17(4)25(22)13-20-7-6-12-27-20/h8-11,16,20H,5-7,12-14H2,1-4H3,(H,23,26)/t16-,20+/m0/s1. The van der Waals surface area contributed by atoms with Crippen LogP contribution >= 0.6 is 11.8 Å². The summed E-state index contributed by atoms with van der Waals surface area (Å²) in [6.07, 6.45) is 3.50. The molecule has 1 aromatic carbocycles. The highest BCUT2D eigenvalue weighted by Gasteiger charge is 2.21. The molecule has 6 heteroatoms. The molecule has 0 radical (unpaired) electrons. The molecule has 2 aromatic rings. The fourth-order valence-corrected chi connectivity index (χ4v) is 4.39. The number of hydrogen-bond acceptors (Lipinski definition) is 4. The third-order valence-electron chi connectivity index (χ3n) is 5.43. The van der Waals surface area contributed by atoms with Gasteiger partial charge in [0.15, 0.2) is 5.16 Å². The smallest absolute Gasteiger partial charge is 0.230 e. The third kappa shape index (κ3) is 5.17. The van der Waals surface area contributed by atoms with Crippen LogP contribution in [0.2, 0.25) is 0 Å². The Morgan fingerprint density at radius 2 is 2.11 bits per heavy atom. The molecule has 152 valence electrons. The SMILES string of the molecule is CCc1ccc([C@H](C)NC(=O)CSc2nc(C)c(C)n2C[C@H]2CCCO2)cc1. The van der Waals surface area contributed by atoms with E-state index in [1.165, 1.54) is 17.3 Å². The van der Waals surface area contributed by atoms with E-state index in [1.54, 1.807) is 0 Å². The fourth-order valence-electron chi connectivity index (χ4n) is 3.48. The highest BCUT2D eigenvalue weighted by atomic mass is 32.2. The molecule has 28 heavy (non-hydrogen) atoms. The Balaban J connectivity index is 1.57. The molecule has 1 fully saturated rings. The van der Waals surface area contributed by atoms with Gasteiger partial charge in [-0.3, -0.25) is 4.79 Å². The maximum absolute atomic E-state index is 12.5. The minimum Gasteiger partial charge on any atom is -0.376 e. The molecular weight excluding hydrogens is 370 g/mol. The maximum atomic E-state index is 12.5. The number of aromatic nitrogens is 2. The van der Waals surface area contributed by atoms with Crippen LogP contribution in [0.1, 0.15) is 55.2 Å². The van der Waals surface area contributed by atoms with Crippen LogP contribution in [-0.4, -0.2) is 33.9 Å². The summed E-state index contributed by atoms with van der Waals surface area (Å²) < 4.78 is 7.99. The fraction of sp³-hybridized carbons (Fsp3) is 0.545. The average molecular weight is 402 g/mol. The Kier molecular flexibility index (Phi) is 7.18. The van der Waals surface area contributed by atoms with Crippen molar-refractivity contribution in [3.8, 4) is 0 Å². The van der Waals surface area contributed by atoms with Crippen molar-refractivity contribution >= 4 is 17.7 Å². The number of thioether (sulfide) groups is 1. The molecule has 0 unspecified atom stereocenters. The molecule has 0 spiro atoms. The summed E-state index contributed by atoms with van der Waals surface area (Å²) in [7, 11) is 0. The van der Waals surface area contributed by atoms with E-state index in [0.29, 0.717) is 5.75 Å². The molecule has 1 aromatic heterocycles. The Labute approximate surface area is 172 Å². The van der Waals surface area contributed by atoms with Gasteiger partial charge < -0.3 is 14.6 Å². The molecule has 5 nitrogen and oxygen atoms in total. The van der Waals surface area contributed by atoms with Crippen LogP contribution in [-0.2, 0) is 22.5 Å². The molecule has 0 saturated carbocycles. The van der Waals surface area contributed by atoms with Crippen molar-refractivity contribution in [2.75, 3.05) is 12.4 Å². The second-order valence-electron chi connectivity index (χ2n) is 7.48. The van der Waals surface area contributed by atoms with Crippen LogP contribution in [0.4, 0.5) is 0 Å².